The maximum atomic E-state index is 12.9. The van der Waals surface area contributed by atoms with Gasteiger partial charge in [0.1, 0.15) is 12.0 Å². The summed E-state index contributed by atoms with van der Waals surface area (Å²) in [6.45, 7) is 1.89. The number of aromatic nitrogens is 3. The fourth-order valence-electron chi connectivity index (χ4n) is 3.43. The minimum absolute atomic E-state index is 0.0190. The SMILES string of the molecule is C[C@H](NC(=O)C1=NN(c2ccccc2)[C@@H](c2ccccc2)C1)c1nncn1C. The number of nitrogens with zero attached hydrogens (tertiary/aromatic N) is 5. The van der Waals surface area contributed by atoms with Crippen molar-refractivity contribution in [1.82, 2.24) is 20.1 Å². The fourth-order valence-corrected chi connectivity index (χ4v) is 3.43. The smallest absolute Gasteiger partial charge is 0.268 e. The van der Waals surface area contributed by atoms with Crippen molar-refractivity contribution in [3.8, 4) is 0 Å². The van der Waals surface area contributed by atoms with Gasteiger partial charge in [0.25, 0.3) is 5.91 Å². The van der Waals surface area contributed by atoms with Gasteiger partial charge >= 0.3 is 0 Å². The summed E-state index contributed by atoms with van der Waals surface area (Å²) >= 11 is 0. The summed E-state index contributed by atoms with van der Waals surface area (Å²) < 4.78 is 1.80. The summed E-state index contributed by atoms with van der Waals surface area (Å²) in [5.74, 6) is 0.515. The molecule has 2 aromatic carbocycles. The molecule has 1 aromatic heterocycles. The van der Waals surface area contributed by atoms with Gasteiger partial charge in [0.2, 0.25) is 0 Å². The van der Waals surface area contributed by atoms with E-state index in [1.54, 1.807) is 10.9 Å². The largest absolute Gasteiger partial charge is 0.341 e. The molecule has 1 aliphatic heterocycles. The van der Waals surface area contributed by atoms with Gasteiger partial charge in [-0.15, -0.1) is 10.2 Å². The number of aryl methyl sites for hydroxylation is 1. The van der Waals surface area contributed by atoms with Crippen LogP contribution < -0.4 is 10.3 Å². The number of nitrogens with one attached hydrogen (secondary N) is 1. The van der Waals surface area contributed by atoms with Crippen molar-refractivity contribution < 1.29 is 4.79 Å². The maximum absolute atomic E-state index is 12.9. The van der Waals surface area contributed by atoms with Crippen LogP contribution in [0, 0.1) is 0 Å². The highest BCUT2D eigenvalue weighted by atomic mass is 16.2. The molecule has 2 heterocycles. The topological polar surface area (TPSA) is 75.4 Å². The van der Waals surface area contributed by atoms with Crippen LogP contribution in [0.15, 0.2) is 72.1 Å². The second-order valence-corrected chi connectivity index (χ2v) is 6.85. The van der Waals surface area contributed by atoms with Crippen LogP contribution in [0.1, 0.15) is 36.8 Å². The van der Waals surface area contributed by atoms with E-state index in [1.165, 1.54) is 0 Å². The normalized spacial score (nSPS) is 17.3. The van der Waals surface area contributed by atoms with Gasteiger partial charge in [0.15, 0.2) is 5.82 Å². The number of carbonyl (C=O) groups excluding carboxylic acids is 1. The van der Waals surface area contributed by atoms with E-state index in [2.05, 4.69) is 32.7 Å². The molecule has 1 amide bonds. The number of carbonyl (C=O) groups is 1. The number of para-hydroxylation sites is 1. The summed E-state index contributed by atoms with van der Waals surface area (Å²) in [7, 11) is 1.85. The number of rotatable bonds is 5. The van der Waals surface area contributed by atoms with E-state index in [9.17, 15) is 4.79 Å². The minimum atomic E-state index is -0.261. The molecule has 7 heteroatoms. The monoisotopic (exact) mass is 374 g/mol. The lowest BCUT2D eigenvalue weighted by atomic mass is 10.0. The second-order valence-electron chi connectivity index (χ2n) is 6.85. The summed E-state index contributed by atoms with van der Waals surface area (Å²) in [6, 6.07) is 19.8. The summed E-state index contributed by atoms with van der Waals surface area (Å²) in [4.78, 5) is 12.9. The molecule has 1 N–H and O–H groups in total. The first kappa shape index (κ1) is 17.9. The molecule has 3 aromatic rings. The van der Waals surface area contributed by atoms with Gasteiger partial charge in [-0.1, -0.05) is 48.5 Å². The van der Waals surface area contributed by atoms with E-state index in [0.717, 1.165) is 11.3 Å². The highest BCUT2D eigenvalue weighted by Crippen LogP contribution is 2.35. The average Bonchev–Trinajstić information content (AvgIpc) is 3.36. The minimum Gasteiger partial charge on any atom is -0.341 e. The van der Waals surface area contributed by atoms with Crippen LogP contribution >= 0.6 is 0 Å². The molecule has 4 rings (SSSR count). The molecular formula is C21H22N6O. The van der Waals surface area contributed by atoms with Gasteiger partial charge in [-0.05, 0) is 24.6 Å². The van der Waals surface area contributed by atoms with Crippen LogP contribution in [-0.4, -0.2) is 26.4 Å². The van der Waals surface area contributed by atoms with E-state index in [1.807, 2.05) is 67.5 Å². The number of amides is 1. The van der Waals surface area contributed by atoms with Gasteiger partial charge in [-0.25, -0.2) is 0 Å². The van der Waals surface area contributed by atoms with E-state index < -0.39 is 0 Å². The molecule has 0 radical (unpaired) electrons. The predicted molar refractivity (Wildman–Crippen MR) is 108 cm³/mol. The first-order valence-electron chi connectivity index (χ1n) is 9.25. The zero-order valence-electron chi connectivity index (χ0n) is 15.9. The average molecular weight is 374 g/mol. The number of hydrogen-bond acceptors (Lipinski definition) is 5. The molecular weight excluding hydrogens is 352 g/mol. The van der Waals surface area contributed by atoms with Crippen molar-refractivity contribution in [2.75, 3.05) is 5.01 Å². The third-order valence-corrected chi connectivity index (χ3v) is 4.86. The third-order valence-electron chi connectivity index (χ3n) is 4.86. The first-order chi connectivity index (χ1) is 13.6. The Kier molecular flexibility index (Phi) is 4.89. The molecule has 7 nitrogen and oxygen atoms in total. The number of hydrogen-bond donors (Lipinski definition) is 1. The summed E-state index contributed by atoms with van der Waals surface area (Å²) in [5, 5.41) is 17.5. The lowest BCUT2D eigenvalue weighted by Crippen LogP contribution is -2.33. The Labute approximate surface area is 163 Å². The Bertz CT molecular complexity index is 982. The third kappa shape index (κ3) is 3.51. The molecule has 0 saturated heterocycles. The highest BCUT2D eigenvalue weighted by molar-refractivity contribution is 6.39. The molecule has 0 fully saturated rings. The lowest BCUT2D eigenvalue weighted by molar-refractivity contribution is -0.115. The Hall–Kier alpha value is -3.48. The Morgan fingerprint density at radius 1 is 1.11 bits per heavy atom. The van der Waals surface area contributed by atoms with E-state index in [0.29, 0.717) is 18.0 Å². The van der Waals surface area contributed by atoms with Gasteiger partial charge in [0.05, 0.1) is 17.8 Å². The number of anilines is 1. The van der Waals surface area contributed by atoms with Gasteiger partial charge < -0.3 is 9.88 Å². The number of hydrazone groups is 1. The Balaban J connectivity index is 1.58. The molecule has 0 unspecified atom stereocenters. The summed E-state index contributed by atoms with van der Waals surface area (Å²) in [5.41, 5.74) is 2.59. The van der Waals surface area contributed by atoms with Gasteiger partial charge in [0, 0.05) is 13.5 Å². The predicted octanol–water partition coefficient (Wildman–Crippen LogP) is 3.00. The summed E-state index contributed by atoms with van der Waals surface area (Å²) in [6.07, 6.45) is 2.16. The van der Waals surface area contributed by atoms with E-state index in [-0.39, 0.29) is 18.0 Å². The molecule has 1 aliphatic rings. The molecule has 0 bridgehead atoms. The first-order valence-corrected chi connectivity index (χ1v) is 9.25. The van der Waals surface area contributed by atoms with Crippen LogP contribution in [0.2, 0.25) is 0 Å². The zero-order valence-corrected chi connectivity index (χ0v) is 15.9. The van der Waals surface area contributed by atoms with Crippen LogP contribution in [0.25, 0.3) is 0 Å². The lowest BCUT2D eigenvalue weighted by Gasteiger charge is -2.23. The Morgan fingerprint density at radius 2 is 1.79 bits per heavy atom. The van der Waals surface area contributed by atoms with Crippen LogP contribution in [0.5, 0.6) is 0 Å². The van der Waals surface area contributed by atoms with Crippen LogP contribution in [0.4, 0.5) is 5.69 Å². The molecule has 0 saturated carbocycles. The van der Waals surface area contributed by atoms with E-state index >= 15 is 0 Å². The molecule has 142 valence electrons. The zero-order chi connectivity index (χ0) is 19.5. The van der Waals surface area contributed by atoms with Crippen molar-refractivity contribution in [3.63, 3.8) is 0 Å². The molecule has 0 spiro atoms. The van der Waals surface area contributed by atoms with Crippen LogP contribution in [-0.2, 0) is 11.8 Å². The van der Waals surface area contributed by atoms with Gasteiger partial charge in [-0.2, -0.15) is 5.10 Å². The molecule has 2 atom stereocenters. The second kappa shape index (κ2) is 7.64. The van der Waals surface area contributed by atoms with Crippen molar-refractivity contribution in [2.24, 2.45) is 12.1 Å². The quantitative estimate of drug-likeness (QED) is 0.745. The molecule has 28 heavy (non-hydrogen) atoms. The van der Waals surface area contributed by atoms with Crippen molar-refractivity contribution in [3.05, 3.63) is 78.4 Å². The fraction of sp³-hybridized carbons (Fsp3) is 0.238. The van der Waals surface area contributed by atoms with Crippen molar-refractivity contribution in [1.29, 1.82) is 0 Å². The van der Waals surface area contributed by atoms with E-state index in [4.69, 9.17) is 0 Å². The van der Waals surface area contributed by atoms with Crippen molar-refractivity contribution >= 4 is 17.3 Å². The number of benzene rings is 2. The Morgan fingerprint density at radius 3 is 2.43 bits per heavy atom. The van der Waals surface area contributed by atoms with Gasteiger partial charge in [-0.3, -0.25) is 9.80 Å². The van der Waals surface area contributed by atoms with Crippen molar-refractivity contribution in [2.45, 2.75) is 25.4 Å². The molecule has 0 aliphatic carbocycles. The highest BCUT2D eigenvalue weighted by Gasteiger charge is 2.33. The standard InChI is InChI=1S/C21H22N6O/c1-15(20-24-22-14-26(20)2)23-21(28)18-13-19(16-9-5-3-6-10-16)27(25-18)17-11-7-4-8-12-17/h3-12,14-15,19H,13H2,1-2H3,(H,23,28)/t15-,19+/m0/s1. The van der Waals surface area contributed by atoms with Crippen LogP contribution in [0.3, 0.4) is 0 Å². The maximum Gasteiger partial charge on any atom is 0.268 e.